The zero-order valence-electron chi connectivity index (χ0n) is 13.0. The lowest BCUT2D eigenvalue weighted by Crippen LogP contribution is -2.44. The first-order valence-corrected chi connectivity index (χ1v) is 8.55. The van der Waals surface area contributed by atoms with Crippen LogP contribution >= 0.6 is 0 Å². The van der Waals surface area contributed by atoms with Gasteiger partial charge in [0.1, 0.15) is 0 Å². The molecule has 1 aliphatic rings. The predicted octanol–water partition coefficient (Wildman–Crippen LogP) is 0.937. The van der Waals surface area contributed by atoms with E-state index in [2.05, 4.69) is 26.1 Å². The lowest BCUT2D eigenvalue weighted by Gasteiger charge is -2.26. The van der Waals surface area contributed by atoms with E-state index < -0.39 is 22.2 Å². The number of nitrogens with one attached hydrogen (secondary N) is 1. The van der Waals surface area contributed by atoms with Crippen LogP contribution in [-0.2, 0) is 15.4 Å². The third-order valence-corrected chi connectivity index (χ3v) is 5.91. The molecular weight excluding hydrogens is 288 g/mol. The zero-order chi connectivity index (χ0) is 15.8. The van der Waals surface area contributed by atoms with Crippen molar-refractivity contribution >= 4 is 10.0 Å². The van der Waals surface area contributed by atoms with Gasteiger partial charge in [0.25, 0.3) is 0 Å². The van der Waals surface area contributed by atoms with Gasteiger partial charge in [-0.25, -0.2) is 8.42 Å². The second-order valence-corrected chi connectivity index (χ2v) is 8.59. The molecule has 6 heteroatoms. The number of likely N-dealkylation sites (N-methyl/N-ethyl adjacent to an activating group) is 1. The van der Waals surface area contributed by atoms with Crippen LogP contribution in [0.1, 0.15) is 26.3 Å². The molecule has 1 heterocycles. The van der Waals surface area contributed by atoms with Gasteiger partial charge in [-0.2, -0.15) is 4.31 Å². The van der Waals surface area contributed by atoms with Gasteiger partial charge in [-0.3, -0.25) is 0 Å². The number of aliphatic hydroxyl groups excluding tert-OH is 1. The predicted molar refractivity (Wildman–Crippen MR) is 82.8 cm³/mol. The van der Waals surface area contributed by atoms with Crippen LogP contribution in [0.4, 0.5) is 0 Å². The molecule has 0 bridgehead atoms. The average molecular weight is 312 g/mol. The van der Waals surface area contributed by atoms with E-state index in [1.165, 1.54) is 11.4 Å². The number of rotatable bonds is 3. The number of hydrogen-bond acceptors (Lipinski definition) is 4. The van der Waals surface area contributed by atoms with Crippen LogP contribution in [0.25, 0.3) is 0 Å². The Bertz CT molecular complexity index is 590. The summed E-state index contributed by atoms with van der Waals surface area (Å²) < 4.78 is 26.5. The highest BCUT2D eigenvalue weighted by molar-refractivity contribution is 7.89. The number of β-amino-alcohol motifs (C(OH)–C–C–N with tert-alkyl or cyclic N) is 1. The minimum Gasteiger partial charge on any atom is -0.390 e. The Morgan fingerprint density at radius 3 is 2.19 bits per heavy atom. The average Bonchev–Trinajstić information content (AvgIpc) is 2.83. The van der Waals surface area contributed by atoms with Crippen molar-refractivity contribution in [2.75, 3.05) is 20.1 Å². The Labute approximate surface area is 127 Å². The summed E-state index contributed by atoms with van der Waals surface area (Å²) in [6.07, 6.45) is -0.668. The smallest absolute Gasteiger partial charge is 0.243 e. The standard InChI is InChI=1S/C15H24N2O3S/c1-15(2,3)11-5-7-12(8-6-11)21(19,20)17(4)13-9-16-10-14(13)18/h5-8,13-14,16,18H,9-10H2,1-4H3/t13-,14-/m1/s1. The Balaban J connectivity index is 2.27. The highest BCUT2D eigenvalue weighted by atomic mass is 32.2. The minimum atomic E-state index is -3.58. The van der Waals surface area contributed by atoms with Crippen LogP contribution in [0.5, 0.6) is 0 Å². The molecule has 1 aromatic carbocycles. The molecule has 118 valence electrons. The molecule has 1 aliphatic heterocycles. The molecular formula is C15H24N2O3S. The van der Waals surface area contributed by atoms with Gasteiger partial charge in [0.2, 0.25) is 10.0 Å². The fraction of sp³-hybridized carbons (Fsp3) is 0.600. The molecule has 0 aliphatic carbocycles. The molecule has 0 saturated carbocycles. The summed E-state index contributed by atoms with van der Waals surface area (Å²) in [5.74, 6) is 0. The minimum absolute atomic E-state index is 0.0141. The second kappa shape index (κ2) is 5.68. The maximum Gasteiger partial charge on any atom is 0.243 e. The summed E-state index contributed by atoms with van der Waals surface area (Å²) in [5, 5.41) is 12.9. The zero-order valence-corrected chi connectivity index (χ0v) is 13.8. The summed E-state index contributed by atoms with van der Waals surface area (Å²) >= 11 is 0. The van der Waals surface area contributed by atoms with E-state index >= 15 is 0 Å². The topological polar surface area (TPSA) is 69.6 Å². The maximum absolute atomic E-state index is 12.6. The quantitative estimate of drug-likeness (QED) is 0.871. The maximum atomic E-state index is 12.6. The summed E-state index contributed by atoms with van der Waals surface area (Å²) in [5.41, 5.74) is 1.08. The summed E-state index contributed by atoms with van der Waals surface area (Å²) in [4.78, 5) is 0.261. The Hall–Kier alpha value is -0.950. The van der Waals surface area contributed by atoms with Gasteiger partial charge in [-0.1, -0.05) is 32.9 Å². The summed E-state index contributed by atoms with van der Waals surface area (Å²) in [6, 6.07) is 6.56. The van der Waals surface area contributed by atoms with E-state index in [0.29, 0.717) is 13.1 Å². The highest BCUT2D eigenvalue weighted by Gasteiger charge is 2.35. The normalized spacial score (nSPS) is 23.7. The first-order chi connectivity index (χ1) is 9.64. The lowest BCUT2D eigenvalue weighted by atomic mass is 9.87. The second-order valence-electron chi connectivity index (χ2n) is 6.59. The van der Waals surface area contributed by atoms with Crippen LogP contribution < -0.4 is 5.32 Å². The molecule has 0 unspecified atom stereocenters. The van der Waals surface area contributed by atoms with Gasteiger partial charge in [-0.15, -0.1) is 0 Å². The highest BCUT2D eigenvalue weighted by Crippen LogP contribution is 2.25. The number of hydrogen-bond donors (Lipinski definition) is 2. The van der Waals surface area contributed by atoms with Crippen molar-refractivity contribution in [2.24, 2.45) is 0 Å². The van der Waals surface area contributed by atoms with Crippen LogP contribution in [0.2, 0.25) is 0 Å². The van der Waals surface area contributed by atoms with Crippen molar-refractivity contribution in [1.82, 2.24) is 9.62 Å². The largest absolute Gasteiger partial charge is 0.390 e. The molecule has 21 heavy (non-hydrogen) atoms. The van der Waals surface area contributed by atoms with Crippen LogP contribution in [0.3, 0.4) is 0 Å². The summed E-state index contributed by atoms with van der Waals surface area (Å²) in [7, 11) is -2.06. The fourth-order valence-corrected chi connectivity index (χ4v) is 3.88. The van der Waals surface area contributed by atoms with Crippen molar-refractivity contribution in [2.45, 2.75) is 43.2 Å². The molecule has 2 atom stereocenters. The molecule has 1 saturated heterocycles. The van der Waals surface area contributed by atoms with Crippen LogP contribution in [0, 0.1) is 0 Å². The van der Waals surface area contributed by atoms with E-state index in [1.807, 2.05) is 12.1 Å². The van der Waals surface area contributed by atoms with E-state index in [9.17, 15) is 13.5 Å². The molecule has 0 amide bonds. The molecule has 0 radical (unpaired) electrons. The van der Waals surface area contributed by atoms with Crippen LogP contribution in [-0.4, -0.2) is 50.1 Å². The van der Waals surface area contributed by atoms with Crippen molar-refractivity contribution in [3.05, 3.63) is 29.8 Å². The molecule has 2 rings (SSSR count). The number of nitrogens with zero attached hydrogens (tertiary/aromatic N) is 1. The Morgan fingerprint density at radius 1 is 1.19 bits per heavy atom. The van der Waals surface area contributed by atoms with Crippen molar-refractivity contribution in [3.63, 3.8) is 0 Å². The fourth-order valence-electron chi connectivity index (χ4n) is 2.49. The Morgan fingerprint density at radius 2 is 1.76 bits per heavy atom. The van der Waals surface area contributed by atoms with Gasteiger partial charge < -0.3 is 10.4 Å². The van der Waals surface area contributed by atoms with E-state index in [-0.39, 0.29) is 10.3 Å². The molecule has 5 nitrogen and oxygen atoms in total. The van der Waals surface area contributed by atoms with E-state index in [1.54, 1.807) is 12.1 Å². The molecule has 0 aromatic heterocycles. The molecule has 2 N–H and O–H groups in total. The van der Waals surface area contributed by atoms with Crippen LogP contribution in [0.15, 0.2) is 29.2 Å². The number of aliphatic hydroxyl groups is 1. The van der Waals surface area contributed by atoms with Gasteiger partial charge in [-0.05, 0) is 23.1 Å². The van der Waals surface area contributed by atoms with Gasteiger partial charge in [0.15, 0.2) is 0 Å². The summed E-state index contributed by atoms with van der Waals surface area (Å²) in [6.45, 7) is 7.15. The number of benzene rings is 1. The van der Waals surface area contributed by atoms with Crippen molar-refractivity contribution in [3.8, 4) is 0 Å². The first kappa shape index (κ1) is 16.4. The van der Waals surface area contributed by atoms with E-state index in [0.717, 1.165) is 5.56 Å². The van der Waals surface area contributed by atoms with Gasteiger partial charge in [0.05, 0.1) is 17.0 Å². The third kappa shape index (κ3) is 3.29. The molecule has 1 aromatic rings. The Kier molecular flexibility index (Phi) is 4.44. The van der Waals surface area contributed by atoms with Crippen molar-refractivity contribution in [1.29, 1.82) is 0 Å². The van der Waals surface area contributed by atoms with Crippen molar-refractivity contribution < 1.29 is 13.5 Å². The third-order valence-electron chi connectivity index (χ3n) is 4.02. The first-order valence-electron chi connectivity index (χ1n) is 7.11. The number of sulfonamides is 1. The van der Waals surface area contributed by atoms with Gasteiger partial charge >= 0.3 is 0 Å². The van der Waals surface area contributed by atoms with E-state index in [4.69, 9.17) is 0 Å². The lowest BCUT2D eigenvalue weighted by molar-refractivity contribution is 0.136. The molecule has 1 fully saturated rings. The molecule has 0 spiro atoms. The SMILES string of the molecule is CN([C@@H]1CNC[C@H]1O)S(=O)(=O)c1ccc(C(C)(C)C)cc1. The monoisotopic (exact) mass is 312 g/mol. The van der Waals surface area contributed by atoms with Gasteiger partial charge in [0, 0.05) is 20.1 Å².